The van der Waals surface area contributed by atoms with E-state index >= 15 is 0 Å². The van der Waals surface area contributed by atoms with Gasteiger partial charge in [-0.3, -0.25) is 0 Å². The molecule has 2 rings (SSSR count). The number of piperidine rings is 1. The highest BCUT2D eigenvalue weighted by atomic mass is 32.1. The lowest BCUT2D eigenvalue weighted by Crippen LogP contribution is -2.36. The summed E-state index contributed by atoms with van der Waals surface area (Å²) >= 11 is 1.76. The number of anilines is 1. The lowest BCUT2D eigenvalue weighted by atomic mass is 10.1. The van der Waals surface area contributed by atoms with Crippen molar-refractivity contribution in [3.8, 4) is 0 Å². The van der Waals surface area contributed by atoms with Crippen molar-refractivity contribution in [3.63, 3.8) is 0 Å². The Morgan fingerprint density at radius 3 is 2.84 bits per heavy atom. The molecular weight excluding hydrogens is 258 g/mol. The first kappa shape index (κ1) is 14.8. The fourth-order valence-corrected chi connectivity index (χ4v) is 3.17. The second kappa shape index (κ2) is 7.22. The van der Waals surface area contributed by atoms with E-state index < -0.39 is 0 Å². The smallest absolute Gasteiger partial charge is 0.185 e. The van der Waals surface area contributed by atoms with Crippen LogP contribution in [0, 0.1) is 5.92 Å². The molecule has 1 N–H and O–H groups in total. The fourth-order valence-electron chi connectivity index (χ4n) is 2.29. The molecule has 1 aromatic heterocycles. The summed E-state index contributed by atoms with van der Waals surface area (Å²) < 4.78 is 5.40. The highest BCUT2D eigenvalue weighted by Crippen LogP contribution is 2.24. The third-order valence-electron chi connectivity index (χ3n) is 3.44. The molecule has 0 bridgehead atoms. The van der Waals surface area contributed by atoms with Gasteiger partial charge in [0.2, 0.25) is 0 Å². The molecule has 0 radical (unpaired) electrons. The molecule has 108 valence electrons. The van der Waals surface area contributed by atoms with E-state index in [2.05, 4.69) is 29.4 Å². The maximum Gasteiger partial charge on any atom is 0.185 e. The number of methoxy groups -OCH3 is 1. The van der Waals surface area contributed by atoms with E-state index in [1.807, 2.05) is 7.11 Å². The molecule has 1 aromatic rings. The van der Waals surface area contributed by atoms with Crippen LogP contribution in [0.3, 0.4) is 0 Å². The van der Waals surface area contributed by atoms with Crippen LogP contribution in [0.1, 0.15) is 32.4 Å². The maximum absolute atomic E-state index is 5.40. The van der Waals surface area contributed by atoms with Gasteiger partial charge >= 0.3 is 0 Å². The summed E-state index contributed by atoms with van der Waals surface area (Å²) in [4.78, 5) is 7.10. The lowest BCUT2D eigenvalue weighted by molar-refractivity contribution is 0.0819. The van der Waals surface area contributed by atoms with E-state index in [-0.39, 0.29) is 0 Å². The van der Waals surface area contributed by atoms with E-state index in [0.717, 1.165) is 49.8 Å². The second-order valence-corrected chi connectivity index (χ2v) is 6.40. The highest BCUT2D eigenvalue weighted by Gasteiger charge is 2.20. The van der Waals surface area contributed by atoms with E-state index in [0.29, 0.717) is 12.0 Å². The third kappa shape index (κ3) is 4.44. The van der Waals surface area contributed by atoms with Gasteiger partial charge in [-0.25, -0.2) is 4.98 Å². The van der Waals surface area contributed by atoms with Crippen LogP contribution in [-0.4, -0.2) is 37.8 Å². The monoisotopic (exact) mass is 283 g/mol. The summed E-state index contributed by atoms with van der Waals surface area (Å²) in [5.74, 6) is 0.686. The maximum atomic E-state index is 5.40. The molecule has 1 aliphatic rings. The first-order chi connectivity index (χ1) is 9.19. The number of nitrogens with zero attached hydrogens (tertiary/aromatic N) is 2. The SMILES string of the molecule is COC1CCN(c2nc(CNCC(C)C)cs2)CC1. The average Bonchev–Trinajstić information content (AvgIpc) is 2.87. The highest BCUT2D eigenvalue weighted by molar-refractivity contribution is 7.13. The van der Waals surface area contributed by atoms with Gasteiger partial charge in [-0.15, -0.1) is 11.3 Å². The van der Waals surface area contributed by atoms with Crippen molar-refractivity contribution in [1.82, 2.24) is 10.3 Å². The minimum absolute atomic E-state index is 0.434. The number of hydrogen-bond acceptors (Lipinski definition) is 5. The Hall–Kier alpha value is -0.650. The Morgan fingerprint density at radius 2 is 2.21 bits per heavy atom. The molecular formula is C14H25N3OS. The van der Waals surface area contributed by atoms with Crippen molar-refractivity contribution in [2.24, 2.45) is 5.92 Å². The molecule has 2 heterocycles. The van der Waals surface area contributed by atoms with Gasteiger partial charge < -0.3 is 15.0 Å². The number of hydrogen-bond donors (Lipinski definition) is 1. The molecule has 0 saturated carbocycles. The second-order valence-electron chi connectivity index (χ2n) is 5.57. The third-order valence-corrected chi connectivity index (χ3v) is 4.39. The summed E-state index contributed by atoms with van der Waals surface area (Å²) in [6.45, 7) is 8.49. The fraction of sp³-hybridized carbons (Fsp3) is 0.786. The first-order valence-electron chi connectivity index (χ1n) is 7.12. The predicted molar refractivity (Wildman–Crippen MR) is 80.9 cm³/mol. The first-order valence-corrected chi connectivity index (χ1v) is 8.00. The van der Waals surface area contributed by atoms with Crippen molar-refractivity contribution in [3.05, 3.63) is 11.1 Å². The van der Waals surface area contributed by atoms with Crippen molar-refractivity contribution in [2.75, 3.05) is 31.6 Å². The average molecular weight is 283 g/mol. The van der Waals surface area contributed by atoms with Crippen molar-refractivity contribution in [2.45, 2.75) is 39.3 Å². The molecule has 19 heavy (non-hydrogen) atoms. The number of aromatic nitrogens is 1. The molecule has 1 saturated heterocycles. The Morgan fingerprint density at radius 1 is 1.47 bits per heavy atom. The van der Waals surface area contributed by atoms with E-state index in [9.17, 15) is 0 Å². The van der Waals surface area contributed by atoms with Crippen LogP contribution in [0.25, 0.3) is 0 Å². The molecule has 0 amide bonds. The van der Waals surface area contributed by atoms with Crippen LogP contribution in [0.5, 0.6) is 0 Å². The van der Waals surface area contributed by atoms with E-state index in [1.54, 1.807) is 11.3 Å². The predicted octanol–water partition coefficient (Wildman–Crippen LogP) is 2.50. The van der Waals surface area contributed by atoms with Gasteiger partial charge in [0.05, 0.1) is 11.8 Å². The molecule has 0 atom stereocenters. The Kier molecular flexibility index (Phi) is 5.60. The molecule has 4 nitrogen and oxygen atoms in total. The zero-order chi connectivity index (χ0) is 13.7. The summed E-state index contributed by atoms with van der Waals surface area (Å²) in [5, 5.41) is 6.77. The van der Waals surface area contributed by atoms with Crippen LogP contribution >= 0.6 is 11.3 Å². The van der Waals surface area contributed by atoms with Crippen molar-refractivity contribution < 1.29 is 4.74 Å². The summed E-state index contributed by atoms with van der Waals surface area (Å²) in [6.07, 6.45) is 2.65. The van der Waals surface area contributed by atoms with Gasteiger partial charge in [-0.2, -0.15) is 0 Å². The van der Waals surface area contributed by atoms with Crippen LogP contribution in [0.15, 0.2) is 5.38 Å². The summed E-state index contributed by atoms with van der Waals surface area (Å²) in [6, 6.07) is 0. The van der Waals surface area contributed by atoms with Gasteiger partial charge in [0.15, 0.2) is 5.13 Å². The number of thiazole rings is 1. The van der Waals surface area contributed by atoms with Crippen molar-refractivity contribution in [1.29, 1.82) is 0 Å². The molecule has 0 aliphatic carbocycles. The Labute approximate surface area is 120 Å². The van der Waals surface area contributed by atoms with E-state index in [4.69, 9.17) is 9.72 Å². The van der Waals surface area contributed by atoms with Crippen LogP contribution in [0.2, 0.25) is 0 Å². The van der Waals surface area contributed by atoms with Gasteiger partial charge in [0.1, 0.15) is 0 Å². The standard InChI is InChI=1S/C14H25N3OS/c1-11(2)8-15-9-12-10-19-14(16-12)17-6-4-13(18-3)5-7-17/h10-11,13,15H,4-9H2,1-3H3. The zero-order valence-electron chi connectivity index (χ0n) is 12.2. The molecule has 0 unspecified atom stereocenters. The summed E-state index contributed by atoms with van der Waals surface area (Å²) in [5.41, 5.74) is 1.16. The van der Waals surface area contributed by atoms with Gasteiger partial charge in [0, 0.05) is 32.1 Å². The topological polar surface area (TPSA) is 37.4 Å². The Bertz CT molecular complexity index is 373. The lowest BCUT2D eigenvalue weighted by Gasteiger charge is -2.30. The van der Waals surface area contributed by atoms with Gasteiger partial charge in [0.25, 0.3) is 0 Å². The van der Waals surface area contributed by atoms with E-state index in [1.165, 1.54) is 0 Å². The quantitative estimate of drug-likeness (QED) is 0.870. The largest absolute Gasteiger partial charge is 0.381 e. The Balaban J connectivity index is 1.80. The van der Waals surface area contributed by atoms with Crippen molar-refractivity contribution >= 4 is 16.5 Å². The minimum atomic E-state index is 0.434. The molecule has 1 fully saturated rings. The van der Waals surface area contributed by atoms with Gasteiger partial charge in [-0.1, -0.05) is 13.8 Å². The summed E-state index contributed by atoms with van der Waals surface area (Å²) in [7, 11) is 1.81. The molecule has 1 aliphatic heterocycles. The molecule has 0 spiro atoms. The minimum Gasteiger partial charge on any atom is -0.381 e. The molecule has 5 heteroatoms. The van der Waals surface area contributed by atoms with Crippen LogP contribution in [-0.2, 0) is 11.3 Å². The molecule has 0 aromatic carbocycles. The van der Waals surface area contributed by atoms with Crippen LogP contribution in [0.4, 0.5) is 5.13 Å². The number of rotatable bonds is 6. The number of nitrogens with one attached hydrogen (secondary N) is 1. The van der Waals surface area contributed by atoms with Crippen LogP contribution < -0.4 is 10.2 Å². The normalized spacial score (nSPS) is 17.4. The van der Waals surface area contributed by atoms with Gasteiger partial charge in [-0.05, 0) is 25.3 Å². The number of ether oxygens (including phenoxy) is 1. The zero-order valence-corrected chi connectivity index (χ0v) is 13.0.